The van der Waals surface area contributed by atoms with Crippen molar-refractivity contribution in [3.8, 4) is 5.75 Å². The van der Waals surface area contributed by atoms with Crippen LogP contribution >= 0.6 is 24.0 Å². The SMILES string of the molecule is CCNC(=NCC(C)(O)CN1CCOCC1)NCCc1ccc(OC)cc1.I. The van der Waals surface area contributed by atoms with Gasteiger partial charge in [-0.15, -0.1) is 24.0 Å². The number of morpholine rings is 1. The maximum absolute atomic E-state index is 10.7. The van der Waals surface area contributed by atoms with Crippen molar-refractivity contribution in [2.24, 2.45) is 4.99 Å². The number of hydrogen-bond donors (Lipinski definition) is 3. The lowest BCUT2D eigenvalue weighted by atomic mass is 10.1. The lowest BCUT2D eigenvalue weighted by Gasteiger charge is -2.33. The molecule has 0 aromatic heterocycles. The van der Waals surface area contributed by atoms with E-state index in [1.165, 1.54) is 5.56 Å². The predicted octanol–water partition coefficient (Wildman–Crippen LogP) is 1.49. The quantitative estimate of drug-likeness (QED) is 0.268. The number of nitrogens with zero attached hydrogens (tertiary/aromatic N) is 2. The Labute approximate surface area is 185 Å². The first-order chi connectivity index (χ1) is 13.0. The molecule has 28 heavy (non-hydrogen) atoms. The van der Waals surface area contributed by atoms with Crippen molar-refractivity contribution in [2.75, 3.05) is 59.6 Å². The maximum Gasteiger partial charge on any atom is 0.191 e. The minimum atomic E-state index is -0.865. The van der Waals surface area contributed by atoms with Gasteiger partial charge in [0.1, 0.15) is 5.75 Å². The van der Waals surface area contributed by atoms with Gasteiger partial charge in [-0.05, 0) is 38.0 Å². The topological polar surface area (TPSA) is 78.4 Å². The lowest BCUT2D eigenvalue weighted by molar-refractivity contribution is -0.0179. The Kier molecular flexibility index (Phi) is 11.7. The smallest absolute Gasteiger partial charge is 0.191 e. The summed E-state index contributed by atoms with van der Waals surface area (Å²) < 4.78 is 10.5. The summed E-state index contributed by atoms with van der Waals surface area (Å²) in [6.45, 7) is 9.56. The lowest BCUT2D eigenvalue weighted by Crippen LogP contribution is -2.48. The van der Waals surface area contributed by atoms with Crippen molar-refractivity contribution in [2.45, 2.75) is 25.9 Å². The van der Waals surface area contributed by atoms with Crippen LogP contribution in [0.1, 0.15) is 19.4 Å². The number of ether oxygens (including phenoxy) is 2. The normalized spacial score (nSPS) is 17.4. The Balaban J connectivity index is 0.00000392. The van der Waals surface area contributed by atoms with Gasteiger partial charge in [-0.1, -0.05) is 12.1 Å². The molecule has 1 aromatic rings. The van der Waals surface area contributed by atoms with Crippen LogP contribution in [-0.2, 0) is 11.2 Å². The first kappa shape index (κ1) is 24.9. The van der Waals surface area contributed by atoms with Crippen LogP contribution < -0.4 is 15.4 Å². The van der Waals surface area contributed by atoms with Gasteiger partial charge >= 0.3 is 0 Å². The van der Waals surface area contributed by atoms with Gasteiger partial charge < -0.3 is 25.2 Å². The number of benzene rings is 1. The molecule has 1 unspecified atom stereocenters. The summed E-state index contributed by atoms with van der Waals surface area (Å²) in [5, 5.41) is 17.3. The van der Waals surface area contributed by atoms with Gasteiger partial charge in [-0.3, -0.25) is 9.89 Å². The summed E-state index contributed by atoms with van der Waals surface area (Å²) in [5.74, 6) is 1.59. The maximum atomic E-state index is 10.7. The number of rotatable bonds is 9. The van der Waals surface area contributed by atoms with E-state index in [0.717, 1.165) is 57.5 Å². The highest BCUT2D eigenvalue weighted by molar-refractivity contribution is 14.0. The minimum Gasteiger partial charge on any atom is -0.497 e. The molecule has 0 saturated carbocycles. The van der Waals surface area contributed by atoms with Gasteiger partial charge in [0.05, 0.1) is 32.5 Å². The molecule has 7 nitrogen and oxygen atoms in total. The number of β-amino-alcohol motifs (C(OH)–C–C–N with tert-alkyl or cyclic N) is 1. The van der Waals surface area contributed by atoms with Crippen LogP contribution in [0.3, 0.4) is 0 Å². The number of nitrogens with one attached hydrogen (secondary N) is 2. The third-order valence-electron chi connectivity index (χ3n) is 4.46. The van der Waals surface area contributed by atoms with E-state index >= 15 is 0 Å². The van der Waals surface area contributed by atoms with Crippen molar-refractivity contribution in [1.29, 1.82) is 0 Å². The zero-order valence-corrected chi connectivity index (χ0v) is 19.6. The number of aliphatic imine (C=N–C) groups is 1. The van der Waals surface area contributed by atoms with E-state index in [-0.39, 0.29) is 24.0 Å². The summed E-state index contributed by atoms with van der Waals surface area (Å²) in [7, 11) is 1.67. The highest BCUT2D eigenvalue weighted by Gasteiger charge is 2.25. The van der Waals surface area contributed by atoms with E-state index in [4.69, 9.17) is 9.47 Å². The molecule has 1 aliphatic rings. The summed E-state index contributed by atoms with van der Waals surface area (Å²) >= 11 is 0. The highest BCUT2D eigenvalue weighted by Crippen LogP contribution is 2.11. The molecule has 1 atom stereocenters. The first-order valence-corrected chi connectivity index (χ1v) is 9.70. The fourth-order valence-electron chi connectivity index (χ4n) is 3.00. The number of halogens is 1. The zero-order chi connectivity index (χ0) is 19.5. The van der Waals surface area contributed by atoms with Crippen LogP contribution in [0, 0.1) is 0 Å². The average molecular weight is 506 g/mol. The molecule has 160 valence electrons. The molecule has 1 aliphatic heterocycles. The summed E-state index contributed by atoms with van der Waals surface area (Å²) in [4.78, 5) is 6.80. The molecule has 1 saturated heterocycles. The van der Waals surface area contributed by atoms with Gasteiger partial charge in [-0.25, -0.2) is 0 Å². The van der Waals surface area contributed by atoms with E-state index in [1.807, 2.05) is 26.0 Å². The van der Waals surface area contributed by atoms with Crippen molar-refractivity contribution in [3.63, 3.8) is 0 Å². The molecule has 0 aliphatic carbocycles. The Morgan fingerprint density at radius 2 is 1.93 bits per heavy atom. The fourth-order valence-corrected chi connectivity index (χ4v) is 3.00. The Morgan fingerprint density at radius 1 is 1.25 bits per heavy atom. The molecule has 3 N–H and O–H groups in total. The molecule has 0 radical (unpaired) electrons. The van der Waals surface area contributed by atoms with Crippen molar-refractivity contribution >= 4 is 29.9 Å². The van der Waals surface area contributed by atoms with E-state index in [9.17, 15) is 5.11 Å². The van der Waals surface area contributed by atoms with Crippen molar-refractivity contribution in [1.82, 2.24) is 15.5 Å². The number of methoxy groups -OCH3 is 1. The Morgan fingerprint density at radius 3 is 2.54 bits per heavy atom. The van der Waals surface area contributed by atoms with Crippen LogP contribution in [-0.4, -0.2) is 81.2 Å². The summed E-state index contributed by atoms with van der Waals surface area (Å²) in [6, 6.07) is 8.07. The second kappa shape index (κ2) is 13.2. The molecule has 8 heteroatoms. The molecule has 0 bridgehead atoms. The predicted molar refractivity (Wildman–Crippen MR) is 124 cm³/mol. The largest absolute Gasteiger partial charge is 0.497 e. The third kappa shape index (κ3) is 9.40. The molecular formula is C20H35IN4O3. The molecule has 2 rings (SSSR count). The average Bonchev–Trinajstić information content (AvgIpc) is 2.67. The molecule has 1 aromatic carbocycles. The van der Waals surface area contributed by atoms with Crippen LogP contribution in [0.15, 0.2) is 29.3 Å². The molecule has 0 amide bonds. The monoisotopic (exact) mass is 506 g/mol. The van der Waals surface area contributed by atoms with Gasteiger partial charge in [0.2, 0.25) is 0 Å². The number of guanidine groups is 1. The highest BCUT2D eigenvalue weighted by atomic mass is 127. The van der Waals surface area contributed by atoms with E-state index in [0.29, 0.717) is 13.1 Å². The van der Waals surface area contributed by atoms with Gasteiger partial charge in [-0.2, -0.15) is 0 Å². The van der Waals surface area contributed by atoms with E-state index < -0.39 is 5.60 Å². The third-order valence-corrected chi connectivity index (χ3v) is 4.46. The zero-order valence-electron chi connectivity index (χ0n) is 17.2. The van der Waals surface area contributed by atoms with E-state index in [2.05, 4.69) is 32.7 Å². The second-order valence-corrected chi connectivity index (χ2v) is 7.11. The standard InChI is InChI=1S/C20H34N4O3.HI/c1-4-21-19(22-10-9-17-5-7-18(26-3)8-6-17)23-15-20(2,25)16-24-11-13-27-14-12-24;/h5-8,25H,4,9-16H2,1-3H3,(H2,21,22,23);1H. The number of aliphatic hydroxyl groups is 1. The molecule has 0 spiro atoms. The van der Waals surface area contributed by atoms with Crippen molar-refractivity contribution < 1.29 is 14.6 Å². The number of hydrogen-bond acceptors (Lipinski definition) is 5. The van der Waals surface area contributed by atoms with E-state index in [1.54, 1.807) is 7.11 Å². The Bertz CT molecular complexity index is 575. The van der Waals surface area contributed by atoms with Gasteiger partial charge in [0, 0.05) is 32.7 Å². The molecular weight excluding hydrogens is 471 g/mol. The van der Waals surface area contributed by atoms with Crippen LogP contribution in [0.25, 0.3) is 0 Å². The van der Waals surface area contributed by atoms with Crippen LogP contribution in [0.5, 0.6) is 5.75 Å². The Hall–Kier alpha value is -1.10. The molecule has 1 fully saturated rings. The minimum absolute atomic E-state index is 0. The van der Waals surface area contributed by atoms with Gasteiger partial charge in [0.15, 0.2) is 5.96 Å². The summed E-state index contributed by atoms with van der Waals surface area (Å²) in [5.41, 5.74) is 0.369. The van der Waals surface area contributed by atoms with Crippen LogP contribution in [0.4, 0.5) is 0 Å². The fraction of sp³-hybridized carbons (Fsp3) is 0.650. The first-order valence-electron chi connectivity index (χ1n) is 9.70. The molecule has 1 heterocycles. The summed E-state index contributed by atoms with van der Waals surface area (Å²) in [6.07, 6.45) is 0.887. The van der Waals surface area contributed by atoms with Gasteiger partial charge in [0.25, 0.3) is 0 Å². The van der Waals surface area contributed by atoms with Crippen molar-refractivity contribution in [3.05, 3.63) is 29.8 Å². The second-order valence-electron chi connectivity index (χ2n) is 7.11. The van der Waals surface area contributed by atoms with Crippen LogP contribution in [0.2, 0.25) is 0 Å².